The van der Waals surface area contributed by atoms with Gasteiger partial charge in [-0.25, -0.2) is 0 Å². The summed E-state index contributed by atoms with van der Waals surface area (Å²) in [5, 5.41) is 0. The molecule has 1 aromatic carbocycles. The van der Waals surface area contributed by atoms with Gasteiger partial charge < -0.3 is 14.5 Å². The van der Waals surface area contributed by atoms with Crippen LogP contribution in [-0.2, 0) is 9.53 Å². The Hall–Kier alpha value is -1.55. The minimum atomic E-state index is -0.343. The zero-order valence-electron chi connectivity index (χ0n) is 11.9. The summed E-state index contributed by atoms with van der Waals surface area (Å²) in [4.78, 5) is 16.3. The first-order valence-electron chi connectivity index (χ1n) is 6.75. The van der Waals surface area contributed by atoms with Crippen molar-refractivity contribution in [1.29, 1.82) is 0 Å². The van der Waals surface area contributed by atoms with Crippen LogP contribution in [0, 0.1) is 6.92 Å². The fourth-order valence-electron chi connectivity index (χ4n) is 2.44. The van der Waals surface area contributed by atoms with Gasteiger partial charge in [0.15, 0.2) is 0 Å². The monoisotopic (exact) mass is 262 g/mol. The van der Waals surface area contributed by atoms with E-state index in [2.05, 4.69) is 36.1 Å². The van der Waals surface area contributed by atoms with Crippen LogP contribution in [0.3, 0.4) is 0 Å². The maximum Gasteiger partial charge on any atom is 0.251 e. The number of piperazine rings is 1. The van der Waals surface area contributed by atoms with E-state index in [0.29, 0.717) is 0 Å². The molecule has 0 aliphatic carbocycles. The van der Waals surface area contributed by atoms with Crippen molar-refractivity contribution in [2.24, 2.45) is 0 Å². The number of nitrogens with zero attached hydrogens (tertiary/aromatic N) is 2. The molecule has 0 radical (unpaired) electrons. The third-order valence-corrected chi connectivity index (χ3v) is 3.75. The molecule has 4 heteroatoms. The number of benzene rings is 1. The van der Waals surface area contributed by atoms with E-state index in [1.165, 1.54) is 11.3 Å². The molecule has 2 rings (SSSR count). The molecule has 1 unspecified atom stereocenters. The van der Waals surface area contributed by atoms with E-state index in [9.17, 15) is 4.79 Å². The summed E-state index contributed by atoms with van der Waals surface area (Å²) in [5.41, 5.74) is 2.56. The van der Waals surface area contributed by atoms with Gasteiger partial charge in [0.1, 0.15) is 6.10 Å². The highest BCUT2D eigenvalue weighted by atomic mass is 16.5. The van der Waals surface area contributed by atoms with Crippen LogP contribution in [0.5, 0.6) is 0 Å². The standard InChI is InChI=1S/C15H22N2O2/c1-12-6-4-5-7-14(12)16-8-10-17(11-9-16)15(18)13(2)19-3/h4-7,13H,8-11H2,1-3H3. The van der Waals surface area contributed by atoms with E-state index in [0.717, 1.165) is 26.2 Å². The van der Waals surface area contributed by atoms with Gasteiger partial charge in [0, 0.05) is 39.0 Å². The lowest BCUT2D eigenvalue weighted by atomic mass is 10.1. The molecule has 1 fully saturated rings. The van der Waals surface area contributed by atoms with Gasteiger partial charge in [-0.2, -0.15) is 0 Å². The molecule has 104 valence electrons. The molecule has 0 spiro atoms. The van der Waals surface area contributed by atoms with Crippen LogP contribution < -0.4 is 4.90 Å². The van der Waals surface area contributed by atoms with E-state index in [-0.39, 0.29) is 12.0 Å². The zero-order valence-corrected chi connectivity index (χ0v) is 11.9. The summed E-state index contributed by atoms with van der Waals surface area (Å²) in [6.07, 6.45) is -0.343. The molecule has 1 saturated heterocycles. The predicted octanol–water partition coefficient (Wildman–Crippen LogP) is 1.68. The highest BCUT2D eigenvalue weighted by Gasteiger charge is 2.25. The number of ether oxygens (including phenoxy) is 1. The van der Waals surface area contributed by atoms with Gasteiger partial charge in [0.2, 0.25) is 0 Å². The van der Waals surface area contributed by atoms with Crippen LogP contribution in [0.15, 0.2) is 24.3 Å². The maximum atomic E-state index is 12.0. The normalized spacial score (nSPS) is 17.4. The van der Waals surface area contributed by atoms with Gasteiger partial charge in [-0.05, 0) is 25.5 Å². The number of carbonyl (C=O) groups is 1. The van der Waals surface area contributed by atoms with Gasteiger partial charge in [0.25, 0.3) is 5.91 Å². The van der Waals surface area contributed by atoms with Gasteiger partial charge in [-0.1, -0.05) is 18.2 Å². The summed E-state index contributed by atoms with van der Waals surface area (Å²) in [6, 6.07) is 8.39. The quantitative estimate of drug-likeness (QED) is 0.831. The molecule has 4 nitrogen and oxygen atoms in total. The van der Waals surface area contributed by atoms with Crippen LogP contribution in [0.1, 0.15) is 12.5 Å². The molecule has 0 aromatic heterocycles. The van der Waals surface area contributed by atoms with E-state index in [1.54, 1.807) is 14.0 Å². The van der Waals surface area contributed by atoms with Crippen molar-refractivity contribution in [3.8, 4) is 0 Å². The first-order valence-corrected chi connectivity index (χ1v) is 6.75. The molecule has 1 aliphatic rings. The summed E-state index contributed by atoms with van der Waals surface area (Å²) in [7, 11) is 1.58. The Morgan fingerprint density at radius 3 is 2.42 bits per heavy atom. The molecule has 0 bridgehead atoms. The zero-order chi connectivity index (χ0) is 13.8. The number of carbonyl (C=O) groups excluding carboxylic acids is 1. The van der Waals surface area contributed by atoms with Crippen LogP contribution in [0.25, 0.3) is 0 Å². The number of hydrogen-bond acceptors (Lipinski definition) is 3. The number of methoxy groups -OCH3 is 1. The molecule has 0 saturated carbocycles. The van der Waals surface area contributed by atoms with Crippen LogP contribution in [0.2, 0.25) is 0 Å². The number of amides is 1. The highest BCUT2D eigenvalue weighted by molar-refractivity contribution is 5.80. The Kier molecular flexibility index (Phi) is 4.43. The molecule has 1 aromatic rings. The third kappa shape index (κ3) is 3.07. The van der Waals surface area contributed by atoms with Crippen molar-refractivity contribution in [1.82, 2.24) is 4.90 Å². The minimum Gasteiger partial charge on any atom is -0.372 e. The van der Waals surface area contributed by atoms with Crippen LogP contribution in [0.4, 0.5) is 5.69 Å². The van der Waals surface area contributed by atoms with E-state index in [1.807, 2.05) is 4.90 Å². The molecular formula is C15H22N2O2. The van der Waals surface area contributed by atoms with Crippen molar-refractivity contribution >= 4 is 11.6 Å². The molecule has 19 heavy (non-hydrogen) atoms. The predicted molar refractivity (Wildman–Crippen MR) is 76.4 cm³/mol. The average molecular weight is 262 g/mol. The maximum absolute atomic E-state index is 12.0. The summed E-state index contributed by atoms with van der Waals surface area (Å²) < 4.78 is 5.09. The molecule has 1 aliphatic heterocycles. The third-order valence-electron chi connectivity index (χ3n) is 3.75. The molecule has 1 heterocycles. The van der Waals surface area contributed by atoms with Crippen molar-refractivity contribution in [2.45, 2.75) is 20.0 Å². The average Bonchev–Trinajstić information content (AvgIpc) is 2.46. The molecular weight excluding hydrogens is 240 g/mol. The minimum absolute atomic E-state index is 0.0898. The van der Waals surface area contributed by atoms with Crippen molar-refractivity contribution in [3.05, 3.63) is 29.8 Å². The Balaban J connectivity index is 1.96. The van der Waals surface area contributed by atoms with Crippen molar-refractivity contribution in [3.63, 3.8) is 0 Å². The number of para-hydroxylation sites is 1. The van der Waals surface area contributed by atoms with Crippen LogP contribution >= 0.6 is 0 Å². The summed E-state index contributed by atoms with van der Waals surface area (Å²) in [5.74, 6) is 0.0898. The Morgan fingerprint density at radius 1 is 1.21 bits per heavy atom. The number of aryl methyl sites for hydroxylation is 1. The second kappa shape index (κ2) is 6.06. The van der Waals surface area contributed by atoms with E-state index in [4.69, 9.17) is 4.74 Å². The Bertz CT molecular complexity index is 440. The second-order valence-electron chi connectivity index (χ2n) is 4.98. The fraction of sp³-hybridized carbons (Fsp3) is 0.533. The number of anilines is 1. The largest absolute Gasteiger partial charge is 0.372 e. The SMILES string of the molecule is COC(C)C(=O)N1CCN(c2ccccc2C)CC1. The Labute approximate surface area is 115 Å². The fourth-order valence-corrected chi connectivity index (χ4v) is 2.44. The summed E-state index contributed by atoms with van der Waals surface area (Å²) in [6.45, 7) is 7.22. The number of hydrogen-bond donors (Lipinski definition) is 0. The van der Waals surface area contributed by atoms with Crippen molar-refractivity contribution < 1.29 is 9.53 Å². The lowest BCUT2D eigenvalue weighted by Gasteiger charge is -2.37. The highest BCUT2D eigenvalue weighted by Crippen LogP contribution is 2.20. The Morgan fingerprint density at radius 2 is 1.84 bits per heavy atom. The first-order chi connectivity index (χ1) is 9.13. The lowest BCUT2D eigenvalue weighted by Crippen LogP contribution is -2.51. The smallest absolute Gasteiger partial charge is 0.251 e. The van der Waals surface area contributed by atoms with Crippen LogP contribution in [-0.4, -0.2) is 50.2 Å². The first kappa shape index (κ1) is 13.9. The lowest BCUT2D eigenvalue weighted by molar-refractivity contribution is -0.141. The number of rotatable bonds is 3. The molecule has 1 amide bonds. The van der Waals surface area contributed by atoms with Gasteiger partial charge in [-0.3, -0.25) is 4.79 Å². The van der Waals surface area contributed by atoms with E-state index < -0.39 is 0 Å². The van der Waals surface area contributed by atoms with Gasteiger partial charge in [0.05, 0.1) is 0 Å². The van der Waals surface area contributed by atoms with Crippen molar-refractivity contribution in [2.75, 3.05) is 38.2 Å². The summed E-state index contributed by atoms with van der Waals surface area (Å²) >= 11 is 0. The van der Waals surface area contributed by atoms with Gasteiger partial charge in [-0.15, -0.1) is 0 Å². The molecule has 1 atom stereocenters. The second-order valence-corrected chi connectivity index (χ2v) is 4.98. The topological polar surface area (TPSA) is 32.8 Å². The molecule has 0 N–H and O–H groups in total. The van der Waals surface area contributed by atoms with E-state index >= 15 is 0 Å². The van der Waals surface area contributed by atoms with Gasteiger partial charge >= 0.3 is 0 Å².